The van der Waals surface area contributed by atoms with E-state index in [1.165, 1.54) is 12.5 Å². The number of amides is 2. The second-order valence-electron chi connectivity index (χ2n) is 7.38. The summed E-state index contributed by atoms with van der Waals surface area (Å²) in [5.74, 6) is 1.06. The molecule has 2 atom stereocenters. The first-order valence-corrected chi connectivity index (χ1v) is 9.65. The first kappa shape index (κ1) is 18.3. The number of rotatable bonds is 4. The van der Waals surface area contributed by atoms with Gasteiger partial charge < -0.3 is 15.0 Å². The predicted molar refractivity (Wildman–Crippen MR) is 107 cm³/mol. The fourth-order valence-corrected chi connectivity index (χ4v) is 3.94. The summed E-state index contributed by atoms with van der Waals surface area (Å²) >= 11 is 0. The minimum absolute atomic E-state index is 0.0554. The Morgan fingerprint density at radius 1 is 1.14 bits per heavy atom. The number of hydrogen-bond donors (Lipinski definition) is 1. The summed E-state index contributed by atoms with van der Waals surface area (Å²) in [6, 6.07) is 15.6. The number of carbonyl (C=O) groups excluding carboxylic acids is 2. The number of ether oxygens (including phenoxy) is 1. The first-order valence-electron chi connectivity index (χ1n) is 9.65. The van der Waals surface area contributed by atoms with Crippen molar-refractivity contribution in [1.82, 2.24) is 10.2 Å². The second kappa shape index (κ2) is 7.89. The van der Waals surface area contributed by atoms with Crippen LogP contribution in [0, 0.1) is 5.92 Å². The second-order valence-corrected chi connectivity index (χ2v) is 7.38. The van der Waals surface area contributed by atoms with E-state index in [4.69, 9.17) is 4.74 Å². The Labute approximate surface area is 165 Å². The average molecular weight is 376 g/mol. The molecule has 0 aliphatic carbocycles. The molecule has 0 aromatic heterocycles. The lowest BCUT2D eigenvalue weighted by Gasteiger charge is -2.32. The zero-order valence-electron chi connectivity index (χ0n) is 15.9. The summed E-state index contributed by atoms with van der Waals surface area (Å²) < 4.78 is 5.80. The zero-order chi connectivity index (χ0) is 19.5. The lowest BCUT2D eigenvalue weighted by Crippen LogP contribution is -2.38. The molecular formula is C23H24N2O3. The van der Waals surface area contributed by atoms with Gasteiger partial charge in [0.25, 0.3) is 0 Å². The Morgan fingerprint density at radius 3 is 2.79 bits per heavy atom. The standard InChI is InChI=1S/C23H24N2O3/c1-16(26)25-11-10-18-6-2-4-8-20(18)21(25)13-23(27)24-14-17-12-19-7-3-5-9-22(19)28-15-17/h2-11,17,21H,12-15H2,1H3,(H,24,27). The fourth-order valence-electron chi connectivity index (χ4n) is 3.94. The molecule has 0 fully saturated rings. The summed E-state index contributed by atoms with van der Waals surface area (Å²) in [6.07, 6.45) is 4.83. The van der Waals surface area contributed by atoms with Crippen LogP contribution >= 0.6 is 0 Å². The molecular weight excluding hydrogens is 352 g/mol. The molecule has 2 unspecified atom stereocenters. The van der Waals surface area contributed by atoms with Crippen LogP contribution in [0.2, 0.25) is 0 Å². The van der Waals surface area contributed by atoms with Gasteiger partial charge in [-0.05, 0) is 35.3 Å². The molecule has 4 rings (SSSR count). The van der Waals surface area contributed by atoms with E-state index in [0.29, 0.717) is 13.2 Å². The third-order valence-corrected chi connectivity index (χ3v) is 5.39. The molecule has 2 aromatic rings. The molecule has 2 aliphatic rings. The number of fused-ring (bicyclic) bond motifs is 2. The number of para-hydroxylation sites is 1. The van der Waals surface area contributed by atoms with E-state index in [9.17, 15) is 9.59 Å². The van der Waals surface area contributed by atoms with E-state index in [1.807, 2.05) is 48.5 Å². The van der Waals surface area contributed by atoms with E-state index >= 15 is 0 Å². The predicted octanol–water partition coefficient (Wildman–Crippen LogP) is 3.32. The highest BCUT2D eigenvalue weighted by atomic mass is 16.5. The average Bonchev–Trinajstić information content (AvgIpc) is 2.72. The SMILES string of the molecule is CC(=O)N1C=Cc2ccccc2C1CC(=O)NCC1COc2ccccc2C1. The fraction of sp³-hybridized carbons (Fsp3) is 0.304. The molecule has 0 bridgehead atoms. The van der Waals surface area contributed by atoms with Crippen LogP contribution in [0.1, 0.15) is 36.1 Å². The van der Waals surface area contributed by atoms with Crippen molar-refractivity contribution in [2.45, 2.75) is 25.8 Å². The molecule has 5 heteroatoms. The van der Waals surface area contributed by atoms with E-state index in [-0.39, 0.29) is 30.2 Å². The van der Waals surface area contributed by atoms with Crippen molar-refractivity contribution >= 4 is 17.9 Å². The van der Waals surface area contributed by atoms with Gasteiger partial charge in [0.05, 0.1) is 19.1 Å². The van der Waals surface area contributed by atoms with Gasteiger partial charge in [-0.3, -0.25) is 9.59 Å². The van der Waals surface area contributed by atoms with Gasteiger partial charge in [-0.25, -0.2) is 0 Å². The van der Waals surface area contributed by atoms with Gasteiger partial charge in [-0.1, -0.05) is 42.5 Å². The quantitative estimate of drug-likeness (QED) is 0.891. The molecule has 2 aliphatic heterocycles. The monoisotopic (exact) mass is 376 g/mol. The zero-order valence-corrected chi connectivity index (χ0v) is 15.9. The summed E-state index contributed by atoms with van der Waals surface area (Å²) in [4.78, 5) is 26.4. The highest BCUT2D eigenvalue weighted by molar-refractivity contribution is 5.81. The largest absolute Gasteiger partial charge is 0.493 e. The topological polar surface area (TPSA) is 58.6 Å². The lowest BCUT2D eigenvalue weighted by atomic mass is 9.93. The maximum Gasteiger partial charge on any atom is 0.223 e. The van der Waals surface area contributed by atoms with Crippen LogP contribution in [0.4, 0.5) is 0 Å². The minimum Gasteiger partial charge on any atom is -0.493 e. The van der Waals surface area contributed by atoms with Crippen molar-refractivity contribution in [1.29, 1.82) is 0 Å². The summed E-state index contributed by atoms with van der Waals surface area (Å²) in [7, 11) is 0. The van der Waals surface area contributed by atoms with E-state index < -0.39 is 0 Å². The van der Waals surface area contributed by atoms with Gasteiger partial charge in [-0.2, -0.15) is 0 Å². The van der Waals surface area contributed by atoms with Crippen LogP contribution in [0.15, 0.2) is 54.7 Å². The minimum atomic E-state index is -0.276. The number of nitrogens with one attached hydrogen (secondary N) is 1. The molecule has 5 nitrogen and oxygen atoms in total. The van der Waals surface area contributed by atoms with Gasteiger partial charge in [0.2, 0.25) is 11.8 Å². The van der Waals surface area contributed by atoms with Crippen LogP contribution in [0.5, 0.6) is 5.75 Å². The maximum absolute atomic E-state index is 12.7. The third-order valence-electron chi connectivity index (χ3n) is 5.39. The first-order chi connectivity index (χ1) is 13.6. The van der Waals surface area contributed by atoms with Crippen LogP contribution in [-0.4, -0.2) is 29.9 Å². The van der Waals surface area contributed by atoms with Crippen LogP contribution in [0.25, 0.3) is 6.08 Å². The maximum atomic E-state index is 12.7. The summed E-state index contributed by atoms with van der Waals surface area (Å²) in [5.41, 5.74) is 3.24. The molecule has 2 aromatic carbocycles. The molecule has 1 N–H and O–H groups in total. The van der Waals surface area contributed by atoms with Gasteiger partial charge in [0.15, 0.2) is 0 Å². The van der Waals surface area contributed by atoms with Crippen molar-refractivity contribution in [3.63, 3.8) is 0 Å². The summed E-state index contributed by atoms with van der Waals surface area (Å²) in [6.45, 7) is 2.70. The van der Waals surface area contributed by atoms with Gasteiger partial charge in [0.1, 0.15) is 5.75 Å². The Bertz CT molecular complexity index is 922. The number of carbonyl (C=O) groups is 2. The normalized spacial score (nSPS) is 20.0. The Morgan fingerprint density at radius 2 is 1.93 bits per heavy atom. The van der Waals surface area contributed by atoms with Gasteiger partial charge in [-0.15, -0.1) is 0 Å². The van der Waals surface area contributed by atoms with Gasteiger partial charge in [0, 0.05) is 25.6 Å². The van der Waals surface area contributed by atoms with Crippen LogP contribution in [-0.2, 0) is 16.0 Å². The highest BCUT2D eigenvalue weighted by Crippen LogP contribution is 2.33. The van der Waals surface area contributed by atoms with Crippen molar-refractivity contribution in [3.05, 3.63) is 71.4 Å². The Balaban J connectivity index is 1.39. The molecule has 2 amide bonds. The van der Waals surface area contributed by atoms with Crippen LogP contribution in [0.3, 0.4) is 0 Å². The smallest absolute Gasteiger partial charge is 0.223 e. The molecule has 0 radical (unpaired) electrons. The molecule has 144 valence electrons. The Kier molecular flexibility index (Phi) is 5.15. The van der Waals surface area contributed by atoms with E-state index in [2.05, 4.69) is 11.4 Å². The molecule has 0 saturated heterocycles. The van der Waals surface area contributed by atoms with Crippen molar-refractivity contribution in [2.75, 3.05) is 13.2 Å². The van der Waals surface area contributed by atoms with Crippen molar-refractivity contribution < 1.29 is 14.3 Å². The van der Waals surface area contributed by atoms with Gasteiger partial charge >= 0.3 is 0 Å². The molecule has 28 heavy (non-hydrogen) atoms. The molecule has 0 saturated carbocycles. The Hall–Kier alpha value is -3.08. The lowest BCUT2D eigenvalue weighted by molar-refractivity contribution is -0.130. The molecule has 2 heterocycles. The van der Waals surface area contributed by atoms with Crippen molar-refractivity contribution in [2.24, 2.45) is 5.92 Å². The van der Waals surface area contributed by atoms with Crippen LogP contribution < -0.4 is 10.1 Å². The third kappa shape index (κ3) is 3.79. The van der Waals surface area contributed by atoms with E-state index in [1.54, 1.807) is 11.1 Å². The van der Waals surface area contributed by atoms with Crippen molar-refractivity contribution in [3.8, 4) is 5.75 Å². The highest BCUT2D eigenvalue weighted by Gasteiger charge is 2.28. The molecule has 0 spiro atoms. The number of hydrogen-bond acceptors (Lipinski definition) is 3. The summed E-state index contributed by atoms with van der Waals surface area (Å²) in [5, 5.41) is 3.04. The van der Waals surface area contributed by atoms with E-state index in [0.717, 1.165) is 23.3 Å². The number of nitrogens with zero attached hydrogens (tertiary/aromatic N) is 1. The number of benzene rings is 2.